The van der Waals surface area contributed by atoms with Crippen molar-refractivity contribution in [2.24, 2.45) is 5.92 Å². The number of halogens is 1. The number of aliphatic hydroxyl groups is 1. The number of carbonyl (C=O) groups is 1. The van der Waals surface area contributed by atoms with Crippen LogP contribution >= 0.6 is 11.6 Å². The van der Waals surface area contributed by atoms with Crippen LogP contribution in [0.2, 0.25) is 5.02 Å². The molecule has 2 aliphatic rings. The molecular weight excluding hydrogens is 358 g/mol. The maximum absolute atomic E-state index is 12.7. The van der Waals surface area contributed by atoms with Gasteiger partial charge < -0.3 is 10.4 Å². The zero-order valence-corrected chi connectivity index (χ0v) is 16.4. The summed E-state index contributed by atoms with van der Waals surface area (Å²) in [5.74, 6) is 0.332. The van der Waals surface area contributed by atoms with E-state index in [2.05, 4.69) is 5.32 Å². The summed E-state index contributed by atoms with van der Waals surface area (Å²) in [4.78, 5) is 12.7. The molecule has 0 aliphatic heterocycles. The summed E-state index contributed by atoms with van der Waals surface area (Å²) < 4.78 is 0. The molecule has 2 atom stereocenters. The smallest absolute Gasteiger partial charge is 0.230 e. The third kappa shape index (κ3) is 5.12. The standard InChI is InChI=1S/C17H22ClNO2.C6H6/c18-14-7-5-13(6-8-14)17(9-10-17)16(21)19-15-4-2-1-3-12(15)11-20;1-2-4-6-5-3-1/h5-8,12,15,20H,1-4,9-11H2,(H,19,21);1-6H. The number of rotatable bonds is 4. The van der Waals surface area contributed by atoms with Gasteiger partial charge in [-0.2, -0.15) is 0 Å². The molecule has 0 saturated heterocycles. The SMILES string of the molecule is O=C(NC1CCCCC1CO)C1(c2ccc(Cl)cc2)CC1.c1ccccc1. The van der Waals surface area contributed by atoms with Gasteiger partial charge in [-0.1, -0.05) is 73.0 Å². The number of carbonyl (C=O) groups excluding carboxylic acids is 1. The van der Waals surface area contributed by atoms with Crippen LogP contribution < -0.4 is 5.32 Å². The summed E-state index contributed by atoms with van der Waals surface area (Å²) in [5.41, 5.74) is 0.697. The Bertz CT molecular complexity index is 686. The minimum absolute atomic E-state index is 0.121. The van der Waals surface area contributed by atoms with Gasteiger partial charge in [-0.25, -0.2) is 0 Å². The van der Waals surface area contributed by atoms with Crippen LogP contribution in [0.5, 0.6) is 0 Å². The van der Waals surface area contributed by atoms with Gasteiger partial charge in [0.2, 0.25) is 5.91 Å². The minimum atomic E-state index is -0.359. The maximum atomic E-state index is 12.7. The van der Waals surface area contributed by atoms with Crippen LogP contribution in [-0.4, -0.2) is 23.7 Å². The van der Waals surface area contributed by atoms with E-state index in [1.807, 2.05) is 60.7 Å². The lowest BCUT2D eigenvalue weighted by Gasteiger charge is -2.32. The molecule has 2 saturated carbocycles. The lowest BCUT2D eigenvalue weighted by atomic mass is 9.84. The number of hydrogen-bond acceptors (Lipinski definition) is 2. The molecule has 2 unspecified atom stereocenters. The second-order valence-electron chi connectivity index (χ2n) is 7.55. The van der Waals surface area contributed by atoms with Crippen molar-refractivity contribution in [2.75, 3.05) is 6.61 Å². The van der Waals surface area contributed by atoms with Gasteiger partial charge in [-0.15, -0.1) is 0 Å². The van der Waals surface area contributed by atoms with Crippen LogP contribution in [0.3, 0.4) is 0 Å². The van der Waals surface area contributed by atoms with Crippen molar-refractivity contribution < 1.29 is 9.90 Å². The Morgan fingerprint density at radius 3 is 2.07 bits per heavy atom. The molecule has 2 N–H and O–H groups in total. The quantitative estimate of drug-likeness (QED) is 0.799. The van der Waals surface area contributed by atoms with E-state index in [1.165, 1.54) is 0 Å². The van der Waals surface area contributed by atoms with Gasteiger partial charge in [-0.3, -0.25) is 4.79 Å². The first-order valence-corrected chi connectivity index (χ1v) is 10.2. The third-order valence-electron chi connectivity index (χ3n) is 5.71. The normalized spacial score (nSPS) is 22.9. The largest absolute Gasteiger partial charge is 0.396 e. The molecule has 144 valence electrons. The van der Waals surface area contributed by atoms with E-state index in [0.29, 0.717) is 5.02 Å². The van der Waals surface area contributed by atoms with E-state index < -0.39 is 0 Å². The average molecular weight is 386 g/mol. The predicted octanol–water partition coefficient (Wildman–Crippen LogP) is 4.73. The van der Waals surface area contributed by atoms with Crippen LogP contribution in [0, 0.1) is 5.92 Å². The second kappa shape index (κ2) is 9.38. The molecular formula is C23H28ClNO2. The molecule has 2 aromatic rings. The van der Waals surface area contributed by atoms with Gasteiger partial charge >= 0.3 is 0 Å². The van der Waals surface area contributed by atoms with E-state index in [4.69, 9.17) is 11.6 Å². The van der Waals surface area contributed by atoms with E-state index in [-0.39, 0.29) is 29.9 Å². The molecule has 4 rings (SSSR count). The van der Waals surface area contributed by atoms with Gasteiger partial charge in [0, 0.05) is 23.6 Å². The van der Waals surface area contributed by atoms with Gasteiger partial charge in [0.15, 0.2) is 0 Å². The number of hydrogen-bond donors (Lipinski definition) is 2. The summed E-state index contributed by atoms with van der Waals surface area (Å²) in [6.45, 7) is 0.166. The summed E-state index contributed by atoms with van der Waals surface area (Å²) >= 11 is 5.93. The highest BCUT2D eigenvalue weighted by molar-refractivity contribution is 6.30. The zero-order valence-electron chi connectivity index (χ0n) is 15.6. The number of benzene rings is 2. The van der Waals surface area contributed by atoms with Crippen molar-refractivity contribution in [3.63, 3.8) is 0 Å². The molecule has 3 nitrogen and oxygen atoms in total. The van der Waals surface area contributed by atoms with Crippen LogP contribution in [0.1, 0.15) is 44.1 Å². The van der Waals surface area contributed by atoms with Gasteiger partial charge in [0.05, 0.1) is 5.41 Å². The Balaban J connectivity index is 0.000000299. The first kappa shape index (κ1) is 19.9. The molecule has 4 heteroatoms. The highest BCUT2D eigenvalue weighted by Crippen LogP contribution is 2.48. The lowest BCUT2D eigenvalue weighted by Crippen LogP contribution is -2.47. The Kier molecular flexibility index (Phi) is 6.92. The fourth-order valence-electron chi connectivity index (χ4n) is 3.85. The Morgan fingerprint density at radius 1 is 1.00 bits per heavy atom. The topological polar surface area (TPSA) is 49.3 Å². The number of nitrogens with one attached hydrogen (secondary N) is 1. The third-order valence-corrected chi connectivity index (χ3v) is 5.96. The monoisotopic (exact) mass is 385 g/mol. The van der Waals surface area contributed by atoms with Crippen molar-refractivity contribution in [3.05, 3.63) is 71.2 Å². The fourth-order valence-corrected chi connectivity index (χ4v) is 3.97. The molecule has 2 aromatic carbocycles. The number of aliphatic hydroxyl groups excluding tert-OH is 1. The van der Waals surface area contributed by atoms with Crippen molar-refractivity contribution in [1.82, 2.24) is 5.32 Å². The molecule has 2 fully saturated rings. The second-order valence-corrected chi connectivity index (χ2v) is 7.99. The summed E-state index contributed by atoms with van der Waals surface area (Å²) in [5, 5.41) is 13.4. The molecule has 0 aromatic heterocycles. The summed E-state index contributed by atoms with van der Waals surface area (Å²) in [6, 6.07) is 19.7. The highest BCUT2D eigenvalue weighted by Gasteiger charge is 2.51. The first-order valence-electron chi connectivity index (χ1n) is 9.83. The van der Waals surface area contributed by atoms with E-state index >= 15 is 0 Å². The molecule has 1 amide bonds. The molecule has 0 heterocycles. The van der Waals surface area contributed by atoms with E-state index in [0.717, 1.165) is 44.1 Å². The van der Waals surface area contributed by atoms with Crippen molar-refractivity contribution in [1.29, 1.82) is 0 Å². The number of amides is 1. The van der Waals surface area contributed by atoms with E-state index in [9.17, 15) is 9.90 Å². The van der Waals surface area contributed by atoms with E-state index in [1.54, 1.807) is 0 Å². The van der Waals surface area contributed by atoms with Gasteiger partial charge in [0.1, 0.15) is 0 Å². The summed E-state index contributed by atoms with van der Waals surface area (Å²) in [6.07, 6.45) is 6.08. The molecule has 0 spiro atoms. The average Bonchev–Trinajstić information content (AvgIpc) is 3.53. The minimum Gasteiger partial charge on any atom is -0.396 e. The first-order chi connectivity index (χ1) is 13.2. The van der Waals surface area contributed by atoms with Crippen molar-refractivity contribution in [2.45, 2.75) is 50.0 Å². The highest BCUT2D eigenvalue weighted by atomic mass is 35.5. The van der Waals surface area contributed by atoms with Crippen LogP contribution in [0.4, 0.5) is 0 Å². The molecule has 27 heavy (non-hydrogen) atoms. The zero-order chi connectivity index (χ0) is 19.1. The molecule has 2 aliphatic carbocycles. The Labute approximate surface area is 166 Å². The van der Waals surface area contributed by atoms with Gasteiger partial charge in [-0.05, 0) is 43.4 Å². The van der Waals surface area contributed by atoms with Crippen molar-refractivity contribution in [3.8, 4) is 0 Å². The maximum Gasteiger partial charge on any atom is 0.230 e. The fraction of sp³-hybridized carbons (Fsp3) is 0.435. The van der Waals surface area contributed by atoms with Crippen LogP contribution in [0.15, 0.2) is 60.7 Å². The predicted molar refractivity (Wildman–Crippen MR) is 110 cm³/mol. The molecule has 0 bridgehead atoms. The molecule has 0 radical (unpaired) electrons. The Hall–Kier alpha value is -1.84. The van der Waals surface area contributed by atoms with Crippen molar-refractivity contribution >= 4 is 17.5 Å². The summed E-state index contributed by atoms with van der Waals surface area (Å²) in [7, 11) is 0. The lowest BCUT2D eigenvalue weighted by molar-refractivity contribution is -0.125. The van der Waals surface area contributed by atoms with Crippen LogP contribution in [-0.2, 0) is 10.2 Å². The van der Waals surface area contributed by atoms with Crippen LogP contribution in [0.25, 0.3) is 0 Å². The Morgan fingerprint density at radius 2 is 1.56 bits per heavy atom. The van der Waals surface area contributed by atoms with Gasteiger partial charge in [0.25, 0.3) is 0 Å².